The third-order valence-electron chi connectivity index (χ3n) is 6.65. The molecule has 1 N–H and O–H groups in total. The van der Waals surface area contributed by atoms with Gasteiger partial charge < -0.3 is 19.6 Å². The van der Waals surface area contributed by atoms with E-state index in [0.717, 1.165) is 6.42 Å². The quantitative estimate of drug-likeness (QED) is 0.307. The number of aliphatic hydroxyl groups excluding tert-OH is 1. The first-order valence-electron chi connectivity index (χ1n) is 11.1. The van der Waals surface area contributed by atoms with Crippen LogP contribution in [0.4, 0.5) is 5.69 Å². The lowest BCUT2D eigenvalue weighted by Crippen LogP contribution is -2.53. The van der Waals surface area contributed by atoms with E-state index in [2.05, 4.69) is 6.58 Å². The van der Waals surface area contributed by atoms with Gasteiger partial charge in [-0.15, -0.1) is 6.58 Å². The van der Waals surface area contributed by atoms with Crippen LogP contribution < -0.4 is 4.90 Å². The van der Waals surface area contributed by atoms with Gasteiger partial charge in [-0.1, -0.05) is 35.9 Å². The molecule has 174 valence electrons. The molecule has 2 aromatic rings. The predicted molar refractivity (Wildman–Crippen MR) is 127 cm³/mol. The highest BCUT2D eigenvalue weighted by Gasteiger charge is 2.67. The lowest BCUT2D eigenvalue weighted by molar-refractivity contribution is -0.145. The number of Topliss-reactive ketones (excluding diaryl/α,β-unsaturated/α-hetero) is 1. The van der Waals surface area contributed by atoms with Crippen LogP contribution in [-0.2, 0) is 24.7 Å². The van der Waals surface area contributed by atoms with Crippen LogP contribution in [0.5, 0.6) is 0 Å². The Balaban J connectivity index is 1.79. The zero-order chi connectivity index (χ0) is 24.0. The lowest BCUT2D eigenvalue weighted by Gasteiger charge is -2.35. The van der Waals surface area contributed by atoms with Gasteiger partial charge in [0.05, 0.1) is 17.4 Å². The third-order valence-corrected chi connectivity index (χ3v) is 6.90. The van der Waals surface area contributed by atoms with Gasteiger partial charge in [0.1, 0.15) is 5.76 Å². The molecule has 0 saturated carbocycles. The van der Waals surface area contributed by atoms with Crippen LogP contribution in [0, 0.1) is 0 Å². The maximum atomic E-state index is 14.2. The molecule has 8 heteroatoms. The number of amides is 2. The average Bonchev–Trinajstić information content (AvgIpc) is 3.49. The predicted octanol–water partition coefficient (Wildman–Crippen LogP) is 3.63. The third kappa shape index (κ3) is 3.11. The van der Waals surface area contributed by atoms with Crippen molar-refractivity contribution in [1.82, 2.24) is 4.90 Å². The van der Waals surface area contributed by atoms with Crippen LogP contribution >= 0.6 is 11.6 Å². The molecule has 2 fully saturated rings. The number of hydrogen-bond donors (Lipinski definition) is 1. The number of carbonyl (C=O) groups is 3. The summed E-state index contributed by atoms with van der Waals surface area (Å²) >= 11 is 6.00. The summed E-state index contributed by atoms with van der Waals surface area (Å²) in [6, 6.07) is 13.3. The fourth-order valence-corrected chi connectivity index (χ4v) is 5.30. The van der Waals surface area contributed by atoms with E-state index in [1.807, 2.05) is 0 Å². The number of benzene rings is 2. The summed E-state index contributed by atoms with van der Waals surface area (Å²) in [5.74, 6) is -2.65. The van der Waals surface area contributed by atoms with E-state index in [1.54, 1.807) is 54.6 Å². The number of hydrogen-bond acceptors (Lipinski definition) is 5. The van der Waals surface area contributed by atoms with Gasteiger partial charge in [0.25, 0.3) is 17.6 Å². The number of likely N-dealkylation sites (tertiary alicyclic amines) is 1. The molecule has 0 bridgehead atoms. The number of anilines is 1. The Hall–Kier alpha value is -3.42. The molecule has 0 radical (unpaired) electrons. The van der Waals surface area contributed by atoms with E-state index < -0.39 is 28.9 Å². The number of aliphatic hydroxyl groups is 1. The van der Waals surface area contributed by atoms with Gasteiger partial charge in [-0.05, 0) is 43.2 Å². The van der Waals surface area contributed by atoms with Crippen LogP contribution in [0.2, 0.25) is 5.02 Å². The monoisotopic (exact) mass is 478 g/mol. The minimum absolute atomic E-state index is 0.0595. The summed E-state index contributed by atoms with van der Waals surface area (Å²) < 4.78 is 5.75. The first-order valence-corrected chi connectivity index (χ1v) is 11.5. The second kappa shape index (κ2) is 8.42. The molecule has 2 aromatic carbocycles. The molecular weight excluding hydrogens is 456 g/mol. The summed E-state index contributed by atoms with van der Waals surface area (Å²) in [6.45, 7) is 4.55. The molecule has 3 aliphatic heterocycles. The molecule has 0 unspecified atom stereocenters. The lowest BCUT2D eigenvalue weighted by atomic mass is 9.81. The molecule has 3 aliphatic rings. The van der Waals surface area contributed by atoms with Crippen molar-refractivity contribution < 1.29 is 24.2 Å². The number of carbonyl (C=O) groups excluding carboxylic acids is 3. The standard InChI is InChI=1S/C26H23ClN2O5/c1-2-13-28-20-8-4-3-7-19(20)26(25(28)33)21(22(30)16-9-11-17(27)12-10-16)23(31)24(32)29(26)15-18-6-5-14-34-18/h2-4,7-12,18,30H,1,5-6,13-15H2/t18-,26+/m0/s1. The highest BCUT2D eigenvalue weighted by Crippen LogP contribution is 2.53. The Morgan fingerprint density at radius 2 is 1.91 bits per heavy atom. The van der Waals surface area contributed by atoms with Crippen molar-refractivity contribution in [2.24, 2.45) is 0 Å². The van der Waals surface area contributed by atoms with E-state index in [1.165, 1.54) is 9.80 Å². The van der Waals surface area contributed by atoms with Crippen LogP contribution in [0.25, 0.3) is 5.76 Å². The topological polar surface area (TPSA) is 87.2 Å². The van der Waals surface area contributed by atoms with Gasteiger partial charge in [0.15, 0.2) is 5.54 Å². The van der Waals surface area contributed by atoms with Gasteiger partial charge >= 0.3 is 0 Å². The minimum Gasteiger partial charge on any atom is -0.507 e. The van der Waals surface area contributed by atoms with E-state index in [0.29, 0.717) is 29.3 Å². The van der Waals surface area contributed by atoms with Gasteiger partial charge in [-0.2, -0.15) is 0 Å². The van der Waals surface area contributed by atoms with Crippen LogP contribution in [-0.4, -0.2) is 53.4 Å². The number of nitrogens with zero attached hydrogens (tertiary/aromatic N) is 2. The molecule has 1 spiro atoms. The van der Waals surface area contributed by atoms with Crippen molar-refractivity contribution in [3.63, 3.8) is 0 Å². The number of fused-ring (bicyclic) bond motifs is 2. The molecule has 7 nitrogen and oxygen atoms in total. The second-order valence-corrected chi connectivity index (χ2v) is 8.98. The molecular formula is C26H23ClN2O5. The Labute approximate surface area is 201 Å². The Morgan fingerprint density at radius 3 is 2.59 bits per heavy atom. The summed E-state index contributed by atoms with van der Waals surface area (Å²) in [4.78, 5) is 43.9. The number of ether oxygens (including phenoxy) is 1. The molecule has 34 heavy (non-hydrogen) atoms. The Morgan fingerprint density at radius 1 is 1.18 bits per heavy atom. The molecule has 2 atom stereocenters. The van der Waals surface area contributed by atoms with Crippen molar-refractivity contribution in [2.75, 3.05) is 24.6 Å². The summed E-state index contributed by atoms with van der Waals surface area (Å²) in [5.41, 5.74) is -0.736. The number of rotatable bonds is 5. The van der Waals surface area contributed by atoms with Gasteiger partial charge in [-0.3, -0.25) is 14.4 Å². The molecule has 3 heterocycles. The SMILES string of the molecule is C=CCN1C(=O)[C@]2(C(=C(O)c3ccc(Cl)cc3)C(=O)C(=O)N2C[C@@H]2CCCO2)c2ccccc21. The van der Waals surface area contributed by atoms with E-state index in [-0.39, 0.29) is 30.3 Å². The van der Waals surface area contributed by atoms with Crippen molar-refractivity contribution in [3.8, 4) is 0 Å². The largest absolute Gasteiger partial charge is 0.507 e. The van der Waals surface area contributed by atoms with Crippen molar-refractivity contribution in [3.05, 3.63) is 82.9 Å². The van der Waals surface area contributed by atoms with Crippen LogP contribution in [0.3, 0.4) is 0 Å². The average molecular weight is 479 g/mol. The van der Waals surface area contributed by atoms with E-state index >= 15 is 0 Å². The number of halogens is 1. The first-order chi connectivity index (χ1) is 16.4. The van der Waals surface area contributed by atoms with E-state index in [9.17, 15) is 19.5 Å². The normalized spacial score (nSPS) is 25.4. The van der Waals surface area contributed by atoms with Crippen molar-refractivity contribution in [1.29, 1.82) is 0 Å². The van der Waals surface area contributed by atoms with Crippen LogP contribution in [0.15, 0.2) is 66.8 Å². The van der Waals surface area contributed by atoms with Gasteiger partial charge in [0, 0.05) is 35.8 Å². The summed E-state index contributed by atoms with van der Waals surface area (Å²) in [7, 11) is 0. The maximum Gasteiger partial charge on any atom is 0.296 e. The van der Waals surface area contributed by atoms with Gasteiger partial charge in [-0.25, -0.2) is 0 Å². The molecule has 2 saturated heterocycles. The minimum atomic E-state index is -1.80. The Bertz CT molecular complexity index is 1230. The number of para-hydroxylation sites is 1. The van der Waals surface area contributed by atoms with Crippen LogP contribution in [0.1, 0.15) is 24.0 Å². The smallest absolute Gasteiger partial charge is 0.296 e. The van der Waals surface area contributed by atoms with E-state index in [4.69, 9.17) is 16.3 Å². The van der Waals surface area contributed by atoms with Gasteiger partial charge in [0.2, 0.25) is 0 Å². The Kier molecular flexibility index (Phi) is 5.54. The summed E-state index contributed by atoms with van der Waals surface area (Å²) in [6.07, 6.45) is 2.82. The second-order valence-electron chi connectivity index (χ2n) is 8.54. The molecule has 5 rings (SSSR count). The highest BCUT2D eigenvalue weighted by molar-refractivity contribution is 6.50. The number of ketones is 1. The summed E-state index contributed by atoms with van der Waals surface area (Å²) in [5, 5.41) is 11.8. The fourth-order valence-electron chi connectivity index (χ4n) is 5.17. The molecule has 0 aromatic heterocycles. The first kappa shape index (κ1) is 22.4. The van der Waals surface area contributed by atoms with Crippen molar-refractivity contribution in [2.45, 2.75) is 24.5 Å². The molecule has 2 amide bonds. The molecule has 0 aliphatic carbocycles. The zero-order valence-electron chi connectivity index (χ0n) is 18.4. The highest BCUT2D eigenvalue weighted by atomic mass is 35.5. The zero-order valence-corrected chi connectivity index (χ0v) is 19.1. The van der Waals surface area contributed by atoms with Crippen molar-refractivity contribution >= 4 is 40.6 Å². The fraction of sp³-hybridized carbons (Fsp3) is 0.269. The maximum absolute atomic E-state index is 14.2.